The van der Waals surface area contributed by atoms with E-state index >= 15 is 0 Å². The molecule has 0 radical (unpaired) electrons. The zero-order chi connectivity index (χ0) is 12.0. The van der Waals surface area contributed by atoms with Crippen LogP contribution >= 0.6 is 0 Å². The number of aliphatic carboxylic acids is 1. The quantitative estimate of drug-likeness (QED) is 0.679. The first-order valence-electron chi connectivity index (χ1n) is 4.92. The monoisotopic (exact) mass is 217 g/mol. The lowest BCUT2D eigenvalue weighted by atomic mass is 10.0. The van der Waals surface area contributed by atoms with Gasteiger partial charge in [0.1, 0.15) is 6.04 Å². The van der Waals surface area contributed by atoms with E-state index in [1.807, 2.05) is 0 Å². The van der Waals surface area contributed by atoms with E-state index in [1.165, 1.54) is 7.11 Å². The van der Waals surface area contributed by atoms with Crippen LogP contribution < -0.4 is 5.32 Å². The maximum absolute atomic E-state index is 11.5. The van der Waals surface area contributed by atoms with Crippen molar-refractivity contribution in [3.05, 3.63) is 0 Å². The van der Waals surface area contributed by atoms with Gasteiger partial charge in [-0.1, -0.05) is 20.8 Å². The average molecular weight is 217 g/mol. The zero-order valence-electron chi connectivity index (χ0n) is 9.61. The summed E-state index contributed by atoms with van der Waals surface area (Å²) in [6.07, 6.45) is 0. The summed E-state index contributed by atoms with van der Waals surface area (Å²) in [6.45, 7) is 5.48. The first-order chi connectivity index (χ1) is 6.90. The smallest absolute Gasteiger partial charge is 0.326 e. The fourth-order valence-corrected chi connectivity index (χ4v) is 1.13. The Balaban J connectivity index is 4.29. The lowest BCUT2D eigenvalue weighted by Gasteiger charge is -2.20. The number of amides is 1. The Labute approximate surface area is 89.8 Å². The molecule has 0 aromatic carbocycles. The highest BCUT2D eigenvalue weighted by atomic mass is 16.5. The summed E-state index contributed by atoms with van der Waals surface area (Å²) in [5, 5.41) is 11.3. The second-order valence-electron chi connectivity index (χ2n) is 3.92. The number of carboxylic acids is 1. The molecule has 0 fully saturated rings. The van der Waals surface area contributed by atoms with Crippen molar-refractivity contribution in [3.63, 3.8) is 0 Å². The number of carbonyl (C=O) groups excluding carboxylic acids is 1. The summed E-state index contributed by atoms with van der Waals surface area (Å²) in [7, 11) is 1.50. The molecule has 0 heterocycles. The van der Waals surface area contributed by atoms with E-state index in [-0.39, 0.29) is 24.3 Å². The number of carboxylic acid groups (broad SMARTS) is 1. The maximum Gasteiger partial charge on any atom is 0.326 e. The number of nitrogens with one attached hydrogen (secondary N) is 1. The molecule has 5 nitrogen and oxygen atoms in total. The van der Waals surface area contributed by atoms with Gasteiger partial charge < -0.3 is 15.2 Å². The van der Waals surface area contributed by atoms with Gasteiger partial charge >= 0.3 is 5.97 Å². The molecule has 0 aromatic heterocycles. The van der Waals surface area contributed by atoms with Crippen LogP contribution in [0.3, 0.4) is 0 Å². The van der Waals surface area contributed by atoms with Gasteiger partial charge in [0.25, 0.3) is 0 Å². The van der Waals surface area contributed by atoms with Crippen LogP contribution in [0.1, 0.15) is 20.8 Å². The minimum atomic E-state index is -1.01. The lowest BCUT2D eigenvalue weighted by Crippen LogP contribution is -2.46. The fraction of sp³-hybridized carbons (Fsp3) is 0.800. The van der Waals surface area contributed by atoms with Gasteiger partial charge in [-0.3, -0.25) is 4.79 Å². The Morgan fingerprint density at radius 1 is 1.33 bits per heavy atom. The Morgan fingerprint density at radius 3 is 2.20 bits per heavy atom. The number of carbonyl (C=O) groups is 2. The molecule has 88 valence electrons. The summed E-state index contributed by atoms with van der Waals surface area (Å²) in [6, 6.07) is -0.836. The van der Waals surface area contributed by atoms with Crippen molar-refractivity contribution in [2.24, 2.45) is 11.8 Å². The summed E-state index contributed by atoms with van der Waals surface area (Å²) in [5.41, 5.74) is 0. The molecule has 2 N–H and O–H groups in total. The largest absolute Gasteiger partial charge is 0.480 e. The molecule has 0 spiro atoms. The molecule has 0 rings (SSSR count). The summed E-state index contributed by atoms with van der Waals surface area (Å²) >= 11 is 0. The molecule has 0 aromatic rings. The predicted octanol–water partition coefficient (Wildman–Crippen LogP) is 0.494. The van der Waals surface area contributed by atoms with Crippen molar-refractivity contribution in [2.45, 2.75) is 26.8 Å². The number of methoxy groups -OCH3 is 1. The van der Waals surface area contributed by atoms with Crippen LogP contribution in [0, 0.1) is 11.8 Å². The van der Waals surface area contributed by atoms with E-state index in [9.17, 15) is 9.59 Å². The number of ether oxygens (including phenoxy) is 1. The molecule has 0 aliphatic heterocycles. The zero-order valence-corrected chi connectivity index (χ0v) is 9.61. The molecular formula is C10H19NO4. The molecule has 0 bridgehead atoms. The first kappa shape index (κ1) is 13.9. The normalized spacial score (nSPS) is 14.7. The number of hydrogen-bond donors (Lipinski definition) is 2. The summed E-state index contributed by atoms with van der Waals surface area (Å²) in [5.74, 6) is -1.78. The van der Waals surface area contributed by atoms with Gasteiger partial charge in [-0.25, -0.2) is 4.79 Å². The van der Waals surface area contributed by atoms with Crippen molar-refractivity contribution in [3.8, 4) is 0 Å². The van der Waals surface area contributed by atoms with Crippen LogP contribution in [-0.4, -0.2) is 36.7 Å². The number of rotatable bonds is 6. The van der Waals surface area contributed by atoms with Crippen LogP contribution in [0.2, 0.25) is 0 Å². The van der Waals surface area contributed by atoms with Crippen molar-refractivity contribution in [2.75, 3.05) is 13.7 Å². The topological polar surface area (TPSA) is 75.6 Å². The second-order valence-corrected chi connectivity index (χ2v) is 3.92. The van der Waals surface area contributed by atoms with Crippen LogP contribution in [0.4, 0.5) is 0 Å². The van der Waals surface area contributed by atoms with Crippen molar-refractivity contribution in [1.29, 1.82) is 0 Å². The standard InChI is InChI=1S/C10H19NO4/c1-6(2)8(10(13)14)11-9(12)7(3)5-15-4/h6-8H,5H2,1-4H3,(H,11,12)(H,13,14)/t7?,8-/m0/s1. The van der Waals surface area contributed by atoms with Crippen molar-refractivity contribution < 1.29 is 19.4 Å². The highest BCUT2D eigenvalue weighted by Gasteiger charge is 2.25. The highest BCUT2D eigenvalue weighted by Crippen LogP contribution is 2.04. The predicted molar refractivity (Wildman–Crippen MR) is 55.4 cm³/mol. The molecule has 1 unspecified atom stereocenters. The van der Waals surface area contributed by atoms with Gasteiger partial charge in [-0.15, -0.1) is 0 Å². The van der Waals surface area contributed by atoms with Gasteiger partial charge in [0, 0.05) is 7.11 Å². The van der Waals surface area contributed by atoms with E-state index < -0.39 is 12.0 Å². The van der Waals surface area contributed by atoms with Crippen molar-refractivity contribution in [1.82, 2.24) is 5.32 Å². The first-order valence-corrected chi connectivity index (χ1v) is 4.92. The molecule has 5 heteroatoms. The van der Waals surface area contributed by atoms with Crippen LogP contribution in [0.5, 0.6) is 0 Å². The van der Waals surface area contributed by atoms with Gasteiger partial charge in [0.2, 0.25) is 5.91 Å². The van der Waals surface area contributed by atoms with Gasteiger partial charge in [0.05, 0.1) is 12.5 Å². The summed E-state index contributed by atoms with van der Waals surface area (Å²) < 4.78 is 4.82. The number of hydrogen-bond acceptors (Lipinski definition) is 3. The molecule has 2 atom stereocenters. The SMILES string of the molecule is COCC(C)C(=O)N[C@H](C(=O)O)C(C)C. The van der Waals surface area contributed by atoms with Gasteiger partial charge in [-0.05, 0) is 5.92 Å². The van der Waals surface area contributed by atoms with E-state index in [1.54, 1.807) is 20.8 Å². The van der Waals surface area contributed by atoms with Gasteiger partial charge in [0.15, 0.2) is 0 Å². The third-order valence-electron chi connectivity index (χ3n) is 2.09. The Hall–Kier alpha value is -1.10. The van der Waals surface area contributed by atoms with E-state index in [4.69, 9.17) is 9.84 Å². The Morgan fingerprint density at radius 2 is 1.87 bits per heavy atom. The van der Waals surface area contributed by atoms with Gasteiger partial charge in [-0.2, -0.15) is 0 Å². The molecule has 15 heavy (non-hydrogen) atoms. The Kier molecular flexibility index (Phi) is 5.93. The lowest BCUT2D eigenvalue weighted by molar-refractivity contribution is -0.144. The minimum absolute atomic E-state index is 0.138. The van der Waals surface area contributed by atoms with E-state index in [0.29, 0.717) is 0 Å². The van der Waals surface area contributed by atoms with Crippen LogP contribution in [-0.2, 0) is 14.3 Å². The maximum atomic E-state index is 11.5. The molecule has 0 aliphatic rings. The van der Waals surface area contributed by atoms with Crippen LogP contribution in [0.15, 0.2) is 0 Å². The van der Waals surface area contributed by atoms with Crippen LogP contribution in [0.25, 0.3) is 0 Å². The molecule has 0 saturated heterocycles. The fourth-order valence-electron chi connectivity index (χ4n) is 1.13. The van der Waals surface area contributed by atoms with E-state index in [2.05, 4.69) is 5.32 Å². The Bertz CT molecular complexity index is 227. The second kappa shape index (κ2) is 6.40. The molecule has 0 saturated carbocycles. The third kappa shape index (κ3) is 4.78. The summed E-state index contributed by atoms with van der Waals surface area (Å²) in [4.78, 5) is 22.3. The highest BCUT2D eigenvalue weighted by molar-refractivity contribution is 5.84. The molecule has 1 amide bonds. The molecule has 0 aliphatic carbocycles. The average Bonchev–Trinajstić information content (AvgIpc) is 2.12. The van der Waals surface area contributed by atoms with Crippen molar-refractivity contribution >= 4 is 11.9 Å². The molecular weight excluding hydrogens is 198 g/mol. The third-order valence-corrected chi connectivity index (χ3v) is 2.09. The van der Waals surface area contributed by atoms with E-state index in [0.717, 1.165) is 0 Å². The minimum Gasteiger partial charge on any atom is -0.480 e.